The maximum absolute atomic E-state index is 10.3. The molecular weight excluding hydrogens is 228 g/mol. The average molecular weight is 250 g/mol. The third kappa shape index (κ3) is 6.28. The normalized spacial score (nSPS) is 10.3. The lowest BCUT2D eigenvalue weighted by molar-refractivity contribution is -0.137. The highest BCUT2D eigenvalue weighted by Gasteiger charge is 1.98. The van der Waals surface area contributed by atoms with Gasteiger partial charge in [0.1, 0.15) is 5.75 Å². The number of carboxylic acids is 1. The van der Waals surface area contributed by atoms with Crippen molar-refractivity contribution in [1.82, 2.24) is 0 Å². The van der Waals surface area contributed by atoms with Gasteiger partial charge < -0.3 is 9.84 Å². The minimum Gasteiger partial charge on any atom is -0.497 e. The van der Waals surface area contributed by atoms with Crippen LogP contribution < -0.4 is 4.74 Å². The Kier molecular flexibility index (Phi) is 6.92. The van der Waals surface area contributed by atoms with Crippen LogP contribution in [0.25, 0.3) is 0 Å². The largest absolute Gasteiger partial charge is 0.497 e. The van der Waals surface area contributed by atoms with E-state index in [0.29, 0.717) is 6.42 Å². The van der Waals surface area contributed by atoms with E-state index in [0.717, 1.165) is 31.4 Å². The number of hydrogen-bond donors (Lipinski definition) is 1. The molecular formula is C15H22O3. The quantitative estimate of drug-likeness (QED) is 0.680. The molecule has 100 valence electrons. The van der Waals surface area contributed by atoms with Crippen molar-refractivity contribution in [2.75, 3.05) is 7.11 Å². The number of carboxylic acid groups (broad SMARTS) is 1. The molecule has 0 radical (unpaired) electrons. The van der Waals surface area contributed by atoms with E-state index >= 15 is 0 Å². The first-order valence-corrected chi connectivity index (χ1v) is 6.57. The van der Waals surface area contributed by atoms with Gasteiger partial charge in [-0.05, 0) is 37.0 Å². The SMILES string of the molecule is COc1ccc(CCCCCCCC(=O)O)cc1. The van der Waals surface area contributed by atoms with Gasteiger partial charge in [0, 0.05) is 6.42 Å². The van der Waals surface area contributed by atoms with Crippen LogP contribution in [0, 0.1) is 0 Å². The van der Waals surface area contributed by atoms with Crippen LogP contribution in [-0.2, 0) is 11.2 Å². The van der Waals surface area contributed by atoms with Crippen LogP contribution in [0.1, 0.15) is 44.1 Å². The second-order valence-electron chi connectivity index (χ2n) is 4.51. The van der Waals surface area contributed by atoms with E-state index in [1.807, 2.05) is 12.1 Å². The summed E-state index contributed by atoms with van der Waals surface area (Å²) in [5.74, 6) is 0.209. The molecule has 1 rings (SSSR count). The second kappa shape index (κ2) is 8.56. The summed E-state index contributed by atoms with van der Waals surface area (Å²) >= 11 is 0. The van der Waals surface area contributed by atoms with Gasteiger partial charge in [-0.15, -0.1) is 0 Å². The van der Waals surface area contributed by atoms with Gasteiger partial charge in [0.25, 0.3) is 0 Å². The molecule has 1 aromatic carbocycles. The molecule has 0 saturated carbocycles. The molecule has 3 nitrogen and oxygen atoms in total. The molecule has 0 saturated heterocycles. The summed E-state index contributed by atoms with van der Waals surface area (Å²) < 4.78 is 5.11. The number of ether oxygens (including phenoxy) is 1. The Morgan fingerprint density at radius 1 is 1.06 bits per heavy atom. The first-order chi connectivity index (χ1) is 8.72. The third-order valence-corrected chi connectivity index (χ3v) is 3.02. The van der Waals surface area contributed by atoms with Crippen LogP contribution in [0.3, 0.4) is 0 Å². The highest BCUT2D eigenvalue weighted by Crippen LogP contribution is 2.14. The molecule has 0 aliphatic heterocycles. The highest BCUT2D eigenvalue weighted by molar-refractivity contribution is 5.66. The molecule has 0 amide bonds. The Balaban J connectivity index is 2.05. The van der Waals surface area contributed by atoms with E-state index in [4.69, 9.17) is 9.84 Å². The zero-order chi connectivity index (χ0) is 13.2. The molecule has 0 heterocycles. The summed E-state index contributed by atoms with van der Waals surface area (Å²) in [6.07, 6.45) is 6.68. The lowest BCUT2D eigenvalue weighted by Gasteiger charge is -2.03. The van der Waals surface area contributed by atoms with Gasteiger partial charge in [0.05, 0.1) is 7.11 Å². The van der Waals surface area contributed by atoms with Crippen LogP contribution >= 0.6 is 0 Å². The fourth-order valence-corrected chi connectivity index (χ4v) is 1.93. The molecule has 3 heteroatoms. The zero-order valence-electron chi connectivity index (χ0n) is 11.0. The first-order valence-electron chi connectivity index (χ1n) is 6.57. The number of hydrogen-bond acceptors (Lipinski definition) is 2. The van der Waals surface area contributed by atoms with Gasteiger partial charge in [-0.25, -0.2) is 0 Å². The van der Waals surface area contributed by atoms with Crippen molar-refractivity contribution < 1.29 is 14.6 Å². The predicted molar refractivity (Wildman–Crippen MR) is 72.0 cm³/mol. The Hall–Kier alpha value is -1.51. The first kappa shape index (κ1) is 14.6. The van der Waals surface area contributed by atoms with Gasteiger partial charge >= 0.3 is 5.97 Å². The molecule has 1 N–H and O–H groups in total. The minimum atomic E-state index is -0.687. The molecule has 0 spiro atoms. The van der Waals surface area contributed by atoms with Crippen LogP contribution in [-0.4, -0.2) is 18.2 Å². The molecule has 0 unspecified atom stereocenters. The van der Waals surface area contributed by atoms with E-state index < -0.39 is 5.97 Å². The van der Waals surface area contributed by atoms with Crippen molar-refractivity contribution >= 4 is 5.97 Å². The molecule has 0 aliphatic rings. The molecule has 0 atom stereocenters. The summed E-state index contributed by atoms with van der Waals surface area (Å²) in [6, 6.07) is 8.18. The highest BCUT2D eigenvalue weighted by atomic mass is 16.5. The topological polar surface area (TPSA) is 46.5 Å². The number of unbranched alkanes of at least 4 members (excludes halogenated alkanes) is 4. The molecule has 0 fully saturated rings. The van der Waals surface area contributed by atoms with Crippen molar-refractivity contribution in [3.63, 3.8) is 0 Å². The molecule has 18 heavy (non-hydrogen) atoms. The van der Waals surface area contributed by atoms with E-state index in [9.17, 15) is 4.79 Å². The monoisotopic (exact) mass is 250 g/mol. The smallest absolute Gasteiger partial charge is 0.303 e. The number of aryl methyl sites for hydroxylation is 1. The van der Waals surface area contributed by atoms with Gasteiger partial charge in [-0.2, -0.15) is 0 Å². The summed E-state index contributed by atoms with van der Waals surface area (Å²) in [5, 5.41) is 8.50. The van der Waals surface area contributed by atoms with Crippen molar-refractivity contribution in [2.24, 2.45) is 0 Å². The van der Waals surface area contributed by atoms with E-state index in [1.165, 1.54) is 18.4 Å². The number of carbonyl (C=O) groups is 1. The number of benzene rings is 1. The minimum absolute atomic E-state index is 0.304. The van der Waals surface area contributed by atoms with E-state index in [-0.39, 0.29) is 0 Å². The van der Waals surface area contributed by atoms with Gasteiger partial charge in [-0.3, -0.25) is 4.79 Å². The lowest BCUT2D eigenvalue weighted by atomic mass is 10.0. The Bertz CT molecular complexity index is 343. The van der Waals surface area contributed by atoms with Crippen LogP contribution in [0.2, 0.25) is 0 Å². The lowest BCUT2D eigenvalue weighted by Crippen LogP contribution is -1.93. The standard InChI is InChI=1S/C15H22O3/c1-18-14-11-9-13(10-12-14)7-5-3-2-4-6-8-15(16)17/h9-12H,2-8H2,1H3,(H,16,17). The van der Waals surface area contributed by atoms with Gasteiger partial charge in [0.15, 0.2) is 0 Å². The molecule has 0 bridgehead atoms. The van der Waals surface area contributed by atoms with Crippen molar-refractivity contribution in [3.05, 3.63) is 29.8 Å². The zero-order valence-corrected chi connectivity index (χ0v) is 11.0. The Morgan fingerprint density at radius 2 is 1.67 bits per heavy atom. The molecule has 1 aromatic rings. The maximum Gasteiger partial charge on any atom is 0.303 e. The van der Waals surface area contributed by atoms with Crippen LogP contribution in [0.15, 0.2) is 24.3 Å². The van der Waals surface area contributed by atoms with Gasteiger partial charge in [-0.1, -0.05) is 31.4 Å². The van der Waals surface area contributed by atoms with Crippen molar-refractivity contribution in [2.45, 2.75) is 44.9 Å². The number of aliphatic carboxylic acids is 1. The molecule has 0 aliphatic carbocycles. The Morgan fingerprint density at radius 3 is 2.28 bits per heavy atom. The number of methoxy groups -OCH3 is 1. The average Bonchev–Trinajstić information content (AvgIpc) is 2.38. The summed E-state index contributed by atoms with van der Waals surface area (Å²) in [7, 11) is 1.67. The van der Waals surface area contributed by atoms with Crippen molar-refractivity contribution in [1.29, 1.82) is 0 Å². The fourth-order valence-electron chi connectivity index (χ4n) is 1.93. The molecule has 0 aromatic heterocycles. The fraction of sp³-hybridized carbons (Fsp3) is 0.533. The van der Waals surface area contributed by atoms with Gasteiger partial charge in [0.2, 0.25) is 0 Å². The summed E-state index contributed by atoms with van der Waals surface area (Å²) in [5.41, 5.74) is 1.33. The van der Waals surface area contributed by atoms with E-state index in [1.54, 1.807) is 7.11 Å². The van der Waals surface area contributed by atoms with E-state index in [2.05, 4.69) is 12.1 Å². The predicted octanol–water partition coefficient (Wildman–Crippen LogP) is 3.66. The third-order valence-electron chi connectivity index (χ3n) is 3.02. The van der Waals surface area contributed by atoms with Crippen LogP contribution in [0.4, 0.5) is 0 Å². The maximum atomic E-state index is 10.3. The summed E-state index contributed by atoms with van der Waals surface area (Å²) in [4.78, 5) is 10.3. The number of rotatable bonds is 9. The summed E-state index contributed by atoms with van der Waals surface area (Å²) in [6.45, 7) is 0. The second-order valence-corrected chi connectivity index (χ2v) is 4.51. The Labute approximate surface area is 109 Å². The van der Waals surface area contributed by atoms with Crippen LogP contribution in [0.5, 0.6) is 5.75 Å². The van der Waals surface area contributed by atoms with Crippen molar-refractivity contribution in [3.8, 4) is 5.75 Å².